The number of amides is 1. The Labute approximate surface area is 115 Å². The molecule has 0 atom stereocenters. The number of benzene rings is 1. The van der Waals surface area contributed by atoms with Gasteiger partial charge in [-0.25, -0.2) is 0 Å². The van der Waals surface area contributed by atoms with E-state index in [0.717, 1.165) is 29.3 Å². The van der Waals surface area contributed by atoms with Crippen molar-refractivity contribution in [3.63, 3.8) is 0 Å². The lowest BCUT2D eigenvalue weighted by molar-refractivity contribution is 0.0867. The van der Waals surface area contributed by atoms with E-state index in [1.54, 1.807) is 0 Å². The first-order valence-electron chi connectivity index (χ1n) is 5.89. The third-order valence-corrected chi connectivity index (χ3v) is 3.79. The summed E-state index contributed by atoms with van der Waals surface area (Å²) in [6.07, 6.45) is 3.14. The molecule has 1 aromatic carbocycles. The molecule has 1 saturated carbocycles. The van der Waals surface area contributed by atoms with E-state index in [-0.39, 0.29) is 18.1 Å². The van der Waals surface area contributed by atoms with Gasteiger partial charge in [0.1, 0.15) is 0 Å². The standard InChI is InChI=1S/C13H16INO2/c14-10-3-1-2-9(8-10)13(17)15-11-4-6-12(16)7-5-11/h1-3,8,11-12,16H,4-7H2,(H,15,17). The zero-order chi connectivity index (χ0) is 12.3. The van der Waals surface area contributed by atoms with E-state index in [1.807, 2.05) is 24.3 Å². The molecule has 17 heavy (non-hydrogen) atoms. The van der Waals surface area contributed by atoms with Crippen molar-refractivity contribution in [1.29, 1.82) is 0 Å². The summed E-state index contributed by atoms with van der Waals surface area (Å²) >= 11 is 2.20. The van der Waals surface area contributed by atoms with Crippen molar-refractivity contribution in [2.24, 2.45) is 0 Å². The summed E-state index contributed by atoms with van der Waals surface area (Å²) in [6.45, 7) is 0. The van der Waals surface area contributed by atoms with Gasteiger partial charge in [-0.15, -0.1) is 0 Å². The Kier molecular flexibility index (Phi) is 4.39. The molecule has 1 amide bonds. The van der Waals surface area contributed by atoms with E-state index in [0.29, 0.717) is 5.56 Å². The monoisotopic (exact) mass is 345 g/mol. The number of halogens is 1. The molecule has 1 aliphatic carbocycles. The summed E-state index contributed by atoms with van der Waals surface area (Å²) in [5.74, 6) is -0.00935. The van der Waals surface area contributed by atoms with Crippen LogP contribution in [0.3, 0.4) is 0 Å². The topological polar surface area (TPSA) is 49.3 Å². The Hall–Kier alpha value is -0.620. The largest absolute Gasteiger partial charge is 0.393 e. The third-order valence-electron chi connectivity index (χ3n) is 3.12. The van der Waals surface area contributed by atoms with Crippen LogP contribution in [0.1, 0.15) is 36.0 Å². The fraction of sp³-hybridized carbons (Fsp3) is 0.462. The highest BCUT2D eigenvalue weighted by Crippen LogP contribution is 2.18. The Balaban J connectivity index is 1.93. The van der Waals surface area contributed by atoms with Crippen molar-refractivity contribution in [3.8, 4) is 0 Å². The van der Waals surface area contributed by atoms with Crippen LogP contribution in [0.5, 0.6) is 0 Å². The summed E-state index contributed by atoms with van der Waals surface area (Å²) in [5.41, 5.74) is 0.711. The SMILES string of the molecule is O=C(NC1CCC(O)CC1)c1cccc(I)c1. The molecule has 0 saturated heterocycles. The molecular formula is C13H16INO2. The van der Waals surface area contributed by atoms with Crippen molar-refractivity contribution in [2.45, 2.75) is 37.8 Å². The molecule has 2 rings (SSSR count). The maximum Gasteiger partial charge on any atom is 0.251 e. The van der Waals surface area contributed by atoms with Gasteiger partial charge in [0.05, 0.1) is 6.10 Å². The van der Waals surface area contributed by atoms with Gasteiger partial charge in [0, 0.05) is 15.2 Å². The number of carbonyl (C=O) groups excluding carboxylic acids is 1. The molecule has 0 aliphatic heterocycles. The molecule has 1 fully saturated rings. The highest BCUT2D eigenvalue weighted by Gasteiger charge is 2.21. The highest BCUT2D eigenvalue weighted by molar-refractivity contribution is 14.1. The smallest absolute Gasteiger partial charge is 0.251 e. The van der Waals surface area contributed by atoms with Crippen molar-refractivity contribution in [3.05, 3.63) is 33.4 Å². The molecule has 0 radical (unpaired) electrons. The average Bonchev–Trinajstić information content (AvgIpc) is 2.32. The number of hydrogen-bond acceptors (Lipinski definition) is 2. The number of hydrogen-bond donors (Lipinski definition) is 2. The minimum absolute atomic E-state index is 0.00935. The molecule has 2 N–H and O–H groups in total. The summed E-state index contributed by atoms with van der Waals surface area (Å²) in [7, 11) is 0. The maximum atomic E-state index is 12.0. The molecule has 0 spiro atoms. The van der Waals surface area contributed by atoms with Gasteiger partial charge >= 0.3 is 0 Å². The van der Waals surface area contributed by atoms with Gasteiger partial charge in [-0.05, 0) is 66.5 Å². The summed E-state index contributed by atoms with van der Waals surface area (Å²) in [4.78, 5) is 12.0. The van der Waals surface area contributed by atoms with Crippen LogP contribution in [0.4, 0.5) is 0 Å². The summed E-state index contributed by atoms with van der Waals surface area (Å²) < 4.78 is 1.06. The fourth-order valence-electron chi connectivity index (χ4n) is 2.12. The first kappa shape index (κ1) is 12.8. The third kappa shape index (κ3) is 3.67. The van der Waals surface area contributed by atoms with Crippen LogP contribution in [0.15, 0.2) is 24.3 Å². The van der Waals surface area contributed by atoms with E-state index in [4.69, 9.17) is 0 Å². The molecule has 1 aromatic rings. The van der Waals surface area contributed by atoms with Crippen molar-refractivity contribution in [2.75, 3.05) is 0 Å². The number of aliphatic hydroxyl groups is 1. The lowest BCUT2D eigenvalue weighted by Crippen LogP contribution is -2.38. The molecule has 0 aromatic heterocycles. The lowest BCUT2D eigenvalue weighted by Gasteiger charge is -2.26. The van der Waals surface area contributed by atoms with Crippen molar-refractivity contribution in [1.82, 2.24) is 5.32 Å². The van der Waals surface area contributed by atoms with E-state index in [2.05, 4.69) is 27.9 Å². The van der Waals surface area contributed by atoms with Gasteiger partial charge in [0.25, 0.3) is 5.91 Å². The van der Waals surface area contributed by atoms with Gasteiger partial charge in [-0.2, -0.15) is 0 Å². The van der Waals surface area contributed by atoms with Gasteiger partial charge in [0.2, 0.25) is 0 Å². The average molecular weight is 345 g/mol. The first-order valence-corrected chi connectivity index (χ1v) is 6.97. The minimum atomic E-state index is -0.180. The van der Waals surface area contributed by atoms with Gasteiger partial charge in [-0.1, -0.05) is 6.07 Å². The van der Waals surface area contributed by atoms with Crippen LogP contribution in [-0.4, -0.2) is 23.2 Å². The number of rotatable bonds is 2. The normalized spacial score (nSPS) is 24.4. The van der Waals surface area contributed by atoms with Crippen LogP contribution in [0, 0.1) is 3.57 Å². The molecule has 0 unspecified atom stereocenters. The molecule has 0 bridgehead atoms. The van der Waals surface area contributed by atoms with E-state index in [1.165, 1.54) is 0 Å². The van der Waals surface area contributed by atoms with Gasteiger partial charge in [-0.3, -0.25) is 4.79 Å². The zero-order valence-electron chi connectivity index (χ0n) is 9.53. The molecule has 4 heteroatoms. The number of nitrogens with one attached hydrogen (secondary N) is 1. The fourth-order valence-corrected chi connectivity index (χ4v) is 2.66. The Morgan fingerprint density at radius 3 is 2.65 bits per heavy atom. The Morgan fingerprint density at radius 1 is 1.29 bits per heavy atom. The molecule has 1 aliphatic rings. The van der Waals surface area contributed by atoms with E-state index >= 15 is 0 Å². The predicted molar refractivity (Wildman–Crippen MR) is 74.9 cm³/mol. The summed E-state index contributed by atoms with van der Waals surface area (Å²) in [6, 6.07) is 7.78. The van der Waals surface area contributed by atoms with Crippen LogP contribution in [-0.2, 0) is 0 Å². The number of carbonyl (C=O) groups is 1. The second-order valence-electron chi connectivity index (χ2n) is 4.49. The van der Waals surface area contributed by atoms with E-state index < -0.39 is 0 Å². The van der Waals surface area contributed by atoms with Gasteiger partial charge in [0.15, 0.2) is 0 Å². The predicted octanol–water partition coefficient (Wildman–Crippen LogP) is 2.32. The van der Waals surface area contributed by atoms with Gasteiger partial charge < -0.3 is 10.4 Å². The minimum Gasteiger partial charge on any atom is -0.393 e. The Bertz CT molecular complexity index is 400. The van der Waals surface area contributed by atoms with Crippen molar-refractivity contribution >= 4 is 28.5 Å². The molecule has 3 nitrogen and oxygen atoms in total. The molecular weight excluding hydrogens is 329 g/mol. The van der Waals surface area contributed by atoms with Crippen LogP contribution in [0.2, 0.25) is 0 Å². The molecule has 0 heterocycles. The lowest BCUT2D eigenvalue weighted by atomic mass is 9.93. The molecule has 92 valence electrons. The Morgan fingerprint density at radius 2 is 2.00 bits per heavy atom. The maximum absolute atomic E-state index is 12.0. The van der Waals surface area contributed by atoms with Crippen molar-refractivity contribution < 1.29 is 9.90 Å². The summed E-state index contributed by atoms with van der Waals surface area (Å²) in [5, 5.41) is 12.4. The van der Waals surface area contributed by atoms with Crippen LogP contribution in [0.25, 0.3) is 0 Å². The van der Waals surface area contributed by atoms with Crippen LogP contribution < -0.4 is 5.32 Å². The van der Waals surface area contributed by atoms with Crippen LogP contribution >= 0.6 is 22.6 Å². The van der Waals surface area contributed by atoms with E-state index in [9.17, 15) is 9.90 Å². The zero-order valence-corrected chi connectivity index (χ0v) is 11.7. The quantitative estimate of drug-likeness (QED) is 0.809. The second-order valence-corrected chi connectivity index (χ2v) is 5.73. The first-order chi connectivity index (χ1) is 8.15. The second kappa shape index (κ2) is 5.82. The number of aliphatic hydroxyl groups excluding tert-OH is 1. The highest BCUT2D eigenvalue weighted by atomic mass is 127.